The van der Waals surface area contributed by atoms with Crippen molar-refractivity contribution in [1.82, 2.24) is 9.78 Å². The van der Waals surface area contributed by atoms with Gasteiger partial charge in [0.15, 0.2) is 5.69 Å². The van der Waals surface area contributed by atoms with Crippen LogP contribution in [0.5, 0.6) is 0 Å². The molecule has 0 saturated heterocycles. The number of aryl methyl sites for hydroxylation is 1. The summed E-state index contributed by atoms with van der Waals surface area (Å²) in [4.78, 5) is 10.8. The molecular formula is C15H12Cl2N2O2. The largest absolute Gasteiger partial charge is 0.476 e. The second-order valence-corrected chi connectivity index (χ2v) is 5.11. The van der Waals surface area contributed by atoms with Gasteiger partial charge in [0.2, 0.25) is 0 Å². The second kappa shape index (κ2) is 6.61. The predicted octanol–water partition coefficient (Wildman–Crippen LogP) is 4.26. The number of aromatic carboxylic acids is 1. The maximum atomic E-state index is 10.8. The molecule has 0 saturated carbocycles. The molecule has 0 unspecified atom stereocenters. The minimum atomic E-state index is -0.989. The summed E-state index contributed by atoms with van der Waals surface area (Å²) in [5.41, 5.74) is 0.943. The first-order valence-electron chi connectivity index (χ1n) is 6.05. The zero-order valence-corrected chi connectivity index (χ0v) is 12.6. The van der Waals surface area contributed by atoms with E-state index in [0.29, 0.717) is 15.4 Å². The summed E-state index contributed by atoms with van der Waals surface area (Å²) >= 11 is 11.1. The number of carboxylic acid groups (broad SMARTS) is 1. The molecule has 6 heteroatoms. The standard InChI is InChI=1S/C9H8N2O2.C6H4Cl2/c1-11-7-5-3-2-4-6(7)8(10-11)9(12)13;7-5-2-1-3-6(8)4-5/h2-5H,1H3,(H,12,13);1-4H. The van der Waals surface area contributed by atoms with Crippen LogP contribution >= 0.6 is 23.2 Å². The molecule has 0 atom stereocenters. The van der Waals surface area contributed by atoms with Crippen LogP contribution in [0.25, 0.3) is 10.9 Å². The molecule has 1 heterocycles. The van der Waals surface area contributed by atoms with Crippen LogP contribution in [-0.2, 0) is 7.05 Å². The number of carboxylic acids is 1. The van der Waals surface area contributed by atoms with Gasteiger partial charge in [0.25, 0.3) is 0 Å². The lowest BCUT2D eigenvalue weighted by Crippen LogP contribution is -1.99. The number of hydrogen-bond donors (Lipinski definition) is 1. The lowest BCUT2D eigenvalue weighted by molar-refractivity contribution is 0.0691. The van der Waals surface area contributed by atoms with E-state index in [-0.39, 0.29) is 5.69 Å². The van der Waals surface area contributed by atoms with Gasteiger partial charge < -0.3 is 5.11 Å². The highest BCUT2D eigenvalue weighted by Gasteiger charge is 2.13. The molecule has 0 radical (unpaired) electrons. The van der Waals surface area contributed by atoms with Gasteiger partial charge in [-0.05, 0) is 24.3 Å². The summed E-state index contributed by atoms with van der Waals surface area (Å²) in [5.74, 6) is -0.989. The van der Waals surface area contributed by atoms with Crippen molar-refractivity contribution < 1.29 is 9.90 Å². The van der Waals surface area contributed by atoms with Crippen LogP contribution in [0.1, 0.15) is 10.5 Å². The maximum Gasteiger partial charge on any atom is 0.357 e. The number of hydrogen-bond acceptors (Lipinski definition) is 2. The van der Waals surface area contributed by atoms with Crippen molar-refractivity contribution in [3.05, 3.63) is 64.3 Å². The molecule has 0 fully saturated rings. The molecule has 0 aliphatic heterocycles. The minimum absolute atomic E-state index is 0.109. The Kier molecular flexibility index (Phi) is 4.83. The topological polar surface area (TPSA) is 55.1 Å². The number of rotatable bonds is 1. The van der Waals surface area contributed by atoms with Gasteiger partial charge in [0.05, 0.1) is 5.52 Å². The molecule has 0 aliphatic rings. The third kappa shape index (κ3) is 3.74. The molecular weight excluding hydrogens is 311 g/mol. The Balaban J connectivity index is 0.000000173. The Morgan fingerprint density at radius 3 is 2.24 bits per heavy atom. The first-order chi connectivity index (χ1) is 9.99. The van der Waals surface area contributed by atoms with E-state index in [4.69, 9.17) is 28.3 Å². The van der Waals surface area contributed by atoms with Gasteiger partial charge in [-0.25, -0.2) is 4.79 Å². The van der Waals surface area contributed by atoms with Crippen LogP contribution in [-0.4, -0.2) is 20.9 Å². The molecule has 1 N–H and O–H groups in total. The molecule has 3 aromatic rings. The van der Waals surface area contributed by atoms with Crippen LogP contribution in [0.15, 0.2) is 48.5 Å². The normalized spacial score (nSPS) is 10.0. The maximum absolute atomic E-state index is 10.8. The third-order valence-electron chi connectivity index (χ3n) is 2.75. The fraction of sp³-hybridized carbons (Fsp3) is 0.0667. The first kappa shape index (κ1) is 15.4. The van der Waals surface area contributed by atoms with Crippen molar-refractivity contribution in [2.24, 2.45) is 7.05 Å². The number of nitrogens with zero attached hydrogens (tertiary/aromatic N) is 2. The summed E-state index contributed by atoms with van der Waals surface area (Å²) < 4.78 is 1.57. The molecule has 0 amide bonds. The number of benzene rings is 2. The van der Waals surface area contributed by atoms with Crippen molar-refractivity contribution in [2.75, 3.05) is 0 Å². The van der Waals surface area contributed by atoms with Gasteiger partial charge in [0, 0.05) is 22.5 Å². The Morgan fingerprint density at radius 2 is 1.71 bits per heavy atom. The van der Waals surface area contributed by atoms with E-state index < -0.39 is 5.97 Å². The monoisotopic (exact) mass is 322 g/mol. The van der Waals surface area contributed by atoms with Crippen molar-refractivity contribution in [2.45, 2.75) is 0 Å². The fourth-order valence-corrected chi connectivity index (χ4v) is 2.27. The van der Waals surface area contributed by atoms with E-state index in [0.717, 1.165) is 5.52 Å². The van der Waals surface area contributed by atoms with Crippen LogP contribution in [0, 0.1) is 0 Å². The average molecular weight is 323 g/mol. The summed E-state index contributed by atoms with van der Waals surface area (Å²) in [5, 5.41) is 14.8. The molecule has 21 heavy (non-hydrogen) atoms. The zero-order valence-electron chi connectivity index (χ0n) is 11.1. The Hall–Kier alpha value is -2.04. The van der Waals surface area contributed by atoms with E-state index in [1.165, 1.54) is 0 Å². The van der Waals surface area contributed by atoms with Crippen molar-refractivity contribution in [1.29, 1.82) is 0 Å². The third-order valence-corrected chi connectivity index (χ3v) is 3.22. The molecule has 0 spiro atoms. The summed E-state index contributed by atoms with van der Waals surface area (Å²) in [6, 6.07) is 14.3. The Bertz CT molecular complexity index is 767. The van der Waals surface area contributed by atoms with Crippen molar-refractivity contribution in [3.8, 4) is 0 Å². The zero-order chi connectivity index (χ0) is 15.4. The van der Waals surface area contributed by atoms with Gasteiger partial charge in [0.1, 0.15) is 0 Å². The molecule has 0 bridgehead atoms. The van der Waals surface area contributed by atoms with Gasteiger partial charge in [-0.1, -0.05) is 47.5 Å². The Morgan fingerprint density at radius 1 is 1.10 bits per heavy atom. The molecule has 2 aromatic carbocycles. The Labute approximate surface area is 131 Å². The number of halogens is 2. The summed E-state index contributed by atoms with van der Waals surface area (Å²) in [6.07, 6.45) is 0. The molecule has 3 rings (SSSR count). The van der Waals surface area contributed by atoms with E-state index in [1.54, 1.807) is 42.1 Å². The van der Waals surface area contributed by atoms with Gasteiger partial charge in [-0.2, -0.15) is 5.10 Å². The van der Waals surface area contributed by atoms with Crippen LogP contribution in [0.2, 0.25) is 10.0 Å². The lowest BCUT2D eigenvalue weighted by Gasteiger charge is -1.90. The average Bonchev–Trinajstić information content (AvgIpc) is 2.77. The van der Waals surface area contributed by atoms with Crippen LogP contribution < -0.4 is 0 Å². The van der Waals surface area contributed by atoms with Gasteiger partial charge >= 0.3 is 5.97 Å². The van der Waals surface area contributed by atoms with Gasteiger partial charge in [-0.15, -0.1) is 0 Å². The quantitative estimate of drug-likeness (QED) is 0.728. The molecule has 4 nitrogen and oxygen atoms in total. The van der Waals surface area contributed by atoms with E-state index in [1.807, 2.05) is 18.2 Å². The number of para-hydroxylation sites is 1. The fourth-order valence-electron chi connectivity index (χ4n) is 1.83. The van der Waals surface area contributed by atoms with Crippen molar-refractivity contribution in [3.63, 3.8) is 0 Å². The lowest BCUT2D eigenvalue weighted by atomic mass is 10.2. The highest BCUT2D eigenvalue weighted by molar-refractivity contribution is 6.34. The van der Waals surface area contributed by atoms with Crippen LogP contribution in [0.4, 0.5) is 0 Å². The van der Waals surface area contributed by atoms with Crippen molar-refractivity contribution >= 4 is 40.1 Å². The minimum Gasteiger partial charge on any atom is -0.476 e. The smallest absolute Gasteiger partial charge is 0.357 e. The first-order valence-corrected chi connectivity index (χ1v) is 6.80. The summed E-state index contributed by atoms with van der Waals surface area (Å²) in [6.45, 7) is 0. The number of fused-ring (bicyclic) bond motifs is 1. The van der Waals surface area contributed by atoms with Gasteiger partial charge in [-0.3, -0.25) is 4.68 Å². The van der Waals surface area contributed by atoms with E-state index >= 15 is 0 Å². The highest BCUT2D eigenvalue weighted by Crippen LogP contribution is 2.16. The SMILES string of the molecule is Clc1cccc(Cl)c1.Cn1nc(C(=O)O)c2ccccc21. The van der Waals surface area contributed by atoms with Crippen LogP contribution in [0.3, 0.4) is 0 Å². The molecule has 0 aliphatic carbocycles. The molecule has 1 aromatic heterocycles. The predicted molar refractivity (Wildman–Crippen MR) is 84.1 cm³/mol. The highest BCUT2D eigenvalue weighted by atomic mass is 35.5. The number of carbonyl (C=O) groups is 1. The second-order valence-electron chi connectivity index (χ2n) is 4.23. The number of aromatic nitrogens is 2. The molecule has 108 valence electrons. The van der Waals surface area contributed by atoms with E-state index in [9.17, 15) is 4.79 Å². The summed E-state index contributed by atoms with van der Waals surface area (Å²) in [7, 11) is 1.73. The van der Waals surface area contributed by atoms with E-state index in [2.05, 4.69) is 5.10 Å².